The number of Topliss-reactive ketones (excluding diaryl/α,β-unsaturated/α-hetero) is 1. The number of aromatic amines is 1. The van der Waals surface area contributed by atoms with Crippen molar-refractivity contribution >= 4 is 27.5 Å². The van der Waals surface area contributed by atoms with Gasteiger partial charge in [0.1, 0.15) is 17.5 Å². The van der Waals surface area contributed by atoms with Gasteiger partial charge in [-0.1, -0.05) is 18.2 Å². The van der Waals surface area contributed by atoms with E-state index in [1.165, 1.54) is 42.5 Å². The molecule has 0 saturated heterocycles. The SMILES string of the molecule is O=C(CCS(=O)c1ccc(F)cc1)C1Cc2[nH]c3c(F)ccc(-c4ccc(F)cc4)c3c2CN1. The highest BCUT2D eigenvalue weighted by Crippen LogP contribution is 2.36. The fourth-order valence-corrected chi connectivity index (χ4v) is 5.49. The highest BCUT2D eigenvalue weighted by Gasteiger charge is 2.28. The first-order valence-corrected chi connectivity index (χ1v) is 12.2. The topological polar surface area (TPSA) is 62.0 Å². The fourth-order valence-electron chi connectivity index (χ4n) is 4.43. The van der Waals surface area contributed by atoms with E-state index in [1.54, 1.807) is 18.2 Å². The van der Waals surface area contributed by atoms with Crippen LogP contribution in [0.4, 0.5) is 13.2 Å². The lowest BCUT2D eigenvalue weighted by molar-refractivity contribution is -0.120. The number of rotatable bonds is 6. The van der Waals surface area contributed by atoms with Crippen LogP contribution in [0.15, 0.2) is 65.6 Å². The molecule has 34 heavy (non-hydrogen) atoms. The summed E-state index contributed by atoms with van der Waals surface area (Å²) in [6.45, 7) is 0.366. The number of halogens is 3. The maximum Gasteiger partial charge on any atom is 0.151 e. The first-order chi connectivity index (χ1) is 16.4. The first kappa shape index (κ1) is 22.6. The van der Waals surface area contributed by atoms with Crippen LogP contribution in [0.3, 0.4) is 0 Å². The van der Waals surface area contributed by atoms with Crippen LogP contribution in [0, 0.1) is 17.5 Å². The van der Waals surface area contributed by atoms with Gasteiger partial charge in [0.15, 0.2) is 5.78 Å². The molecule has 0 fully saturated rings. The average Bonchev–Trinajstić information content (AvgIpc) is 3.23. The average molecular weight is 483 g/mol. The molecule has 1 aromatic heterocycles. The van der Waals surface area contributed by atoms with Crippen LogP contribution in [0.25, 0.3) is 22.0 Å². The third-order valence-corrected chi connectivity index (χ3v) is 7.56. The molecule has 0 spiro atoms. The zero-order valence-electron chi connectivity index (χ0n) is 18.0. The standard InChI is InChI=1S/C26H21F3N2O2S/c27-16-3-1-15(2-4-16)19-9-10-21(29)26-25(19)20-14-30-23(13-22(20)31-26)24(32)11-12-34(33)18-7-5-17(28)6-8-18/h1-10,23,30-31H,11-14H2. The number of hydrogen-bond donors (Lipinski definition) is 2. The lowest BCUT2D eigenvalue weighted by atomic mass is 9.93. The van der Waals surface area contributed by atoms with Gasteiger partial charge in [0.05, 0.1) is 22.4 Å². The monoisotopic (exact) mass is 482 g/mol. The van der Waals surface area contributed by atoms with E-state index in [0.29, 0.717) is 23.4 Å². The molecule has 0 bridgehead atoms. The summed E-state index contributed by atoms with van der Waals surface area (Å²) in [6, 6.07) is 14.0. The van der Waals surface area contributed by atoms with Crippen LogP contribution < -0.4 is 5.32 Å². The van der Waals surface area contributed by atoms with Gasteiger partial charge in [-0.3, -0.25) is 9.00 Å². The smallest absolute Gasteiger partial charge is 0.151 e. The molecule has 3 aromatic carbocycles. The number of hydrogen-bond acceptors (Lipinski definition) is 3. The number of H-pyrrole nitrogens is 1. The Bertz CT molecular complexity index is 1400. The largest absolute Gasteiger partial charge is 0.356 e. The molecule has 2 N–H and O–H groups in total. The lowest BCUT2D eigenvalue weighted by Crippen LogP contribution is -2.42. The molecule has 1 aliphatic rings. The van der Waals surface area contributed by atoms with Crippen LogP contribution in [0.2, 0.25) is 0 Å². The molecule has 0 aliphatic carbocycles. The predicted octanol–water partition coefficient (Wildman–Crippen LogP) is 5.03. The van der Waals surface area contributed by atoms with Crippen molar-refractivity contribution in [2.45, 2.75) is 30.3 Å². The van der Waals surface area contributed by atoms with Crippen molar-refractivity contribution in [2.75, 3.05) is 5.75 Å². The summed E-state index contributed by atoms with van der Waals surface area (Å²) < 4.78 is 53.5. The van der Waals surface area contributed by atoms with E-state index < -0.39 is 28.5 Å². The second-order valence-electron chi connectivity index (χ2n) is 8.29. The van der Waals surface area contributed by atoms with Crippen molar-refractivity contribution in [1.29, 1.82) is 0 Å². The summed E-state index contributed by atoms with van der Waals surface area (Å²) in [7, 11) is -1.40. The van der Waals surface area contributed by atoms with Gasteiger partial charge in [-0.25, -0.2) is 13.2 Å². The molecule has 0 amide bonds. The fraction of sp³-hybridized carbons (Fsp3) is 0.192. The van der Waals surface area contributed by atoms with E-state index in [2.05, 4.69) is 10.3 Å². The maximum atomic E-state index is 14.6. The minimum absolute atomic E-state index is 0.0843. The van der Waals surface area contributed by atoms with Crippen LogP contribution in [0.5, 0.6) is 0 Å². The molecular weight excluding hydrogens is 461 g/mol. The molecule has 5 rings (SSSR count). The lowest BCUT2D eigenvalue weighted by Gasteiger charge is -2.23. The van der Waals surface area contributed by atoms with Gasteiger partial charge in [-0.05, 0) is 59.2 Å². The van der Waals surface area contributed by atoms with Gasteiger partial charge < -0.3 is 10.3 Å². The van der Waals surface area contributed by atoms with Gasteiger partial charge in [0, 0.05) is 41.1 Å². The summed E-state index contributed by atoms with van der Waals surface area (Å²) in [6.07, 6.45) is 0.459. The van der Waals surface area contributed by atoms with E-state index in [4.69, 9.17) is 0 Å². The Labute approximate surface area is 196 Å². The Morgan fingerprint density at radius 3 is 2.32 bits per heavy atom. The molecule has 174 valence electrons. The van der Waals surface area contributed by atoms with Crippen molar-refractivity contribution in [3.8, 4) is 11.1 Å². The zero-order valence-corrected chi connectivity index (χ0v) is 18.9. The van der Waals surface area contributed by atoms with E-state index in [9.17, 15) is 22.2 Å². The number of fused-ring (bicyclic) bond motifs is 3. The number of carbonyl (C=O) groups is 1. The van der Waals surface area contributed by atoms with E-state index in [0.717, 1.165) is 27.8 Å². The number of nitrogens with one attached hydrogen (secondary N) is 2. The van der Waals surface area contributed by atoms with Crippen molar-refractivity contribution in [1.82, 2.24) is 10.3 Å². The Balaban J connectivity index is 1.36. The highest BCUT2D eigenvalue weighted by molar-refractivity contribution is 7.85. The van der Waals surface area contributed by atoms with E-state index >= 15 is 0 Å². The molecule has 4 nitrogen and oxygen atoms in total. The van der Waals surface area contributed by atoms with Crippen molar-refractivity contribution in [3.63, 3.8) is 0 Å². The second-order valence-corrected chi connectivity index (χ2v) is 9.86. The van der Waals surface area contributed by atoms with E-state index in [-0.39, 0.29) is 23.8 Å². The molecule has 2 unspecified atom stereocenters. The molecular formula is C26H21F3N2O2S. The maximum absolute atomic E-state index is 14.6. The Hall–Kier alpha value is -3.23. The summed E-state index contributed by atoms with van der Waals surface area (Å²) in [5.41, 5.74) is 3.58. The summed E-state index contributed by atoms with van der Waals surface area (Å²) >= 11 is 0. The van der Waals surface area contributed by atoms with Crippen LogP contribution in [-0.2, 0) is 28.6 Å². The molecule has 2 atom stereocenters. The van der Waals surface area contributed by atoms with Crippen molar-refractivity contribution in [3.05, 3.63) is 89.4 Å². The number of ketones is 1. The van der Waals surface area contributed by atoms with Gasteiger partial charge in [0.2, 0.25) is 0 Å². The second kappa shape index (κ2) is 9.19. The summed E-state index contributed by atoms with van der Waals surface area (Å²) in [4.78, 5) is 16.4. The van der Waals surface area contributed by atoms with Gasteiger partial charge in [0.25, 0.3) is 0 Å². The minimum atomic E-state index is -1.40. The highest BCUT2D eigenvalue weighted by atomic mass is 32.2. The van der Waals surface area contributed by atoms with Gasteiger partial charge >= 0.3 is 0 Å². The quantitative estimate of drug-likeness (QED) is 0.405. The Kier molecular flexibility index (Phi) is 6.10. The summed E-state index contributed by atoms with van der Waals surface area (Å²) in [5, 5.41) is 3.95. The minimum Gasteiger partial charge on any atom is -0.356 e. The Morgan fingerprint density at radius 2 is 1.62 bits per heavy atom. The van der Waals surface area contributed by atoms with Crippen LogP contribution >= 0.6 is 0 Å². The molecule has 0 saturated carbocycles. The molecule has 1 aliphatic heterocycles. The Morgan fingerprint density at radius 1 is 0.941 bits per heavy atom. The van der Waals surface area contributed by atoms with E-state index in [1.807, 2.05) is 0 Å². The third-order valence-electron chi connectivity index (χ3n) is 6.18. The summed E-state index contributed by atoms with van der Waals surface area (Å²) in [5.74, 6) is -1.09. The normalized spacial score (nSPS) is 16.4. The zero-order chi connectivity index (χ0) is 23.8. The third kappa shape index (κ3) is 4.31. The number of aromatic nitrogens is 1. The predicted molar refractivity (Wildman–Crippen MR) is 125 cm³/mol. The molecule has 4 aromatic rings. The number of benzene rings is 3. The molecule has 0 radical (unpaired) electrons. The van der Waals surface area contributed by atoms with Crippen molar-refractivity contribution < 1.29 is 22.2 Å². The first-order valence-electron chi connectivity index (χ1n) is 10.9. The molecule has 2 heterocycles. The van der Waals surface area contributed by atoms with Gasteiger partial charge in [-0.15, -0.1) is 0 Å². The van der Waals surface area contributed by atoms with Crippen LogP contribution in [0.1, 0.15) is 17.7 Å². The number of carbonyl (C=O) groups excluding carboxylic acids is 1. The molecule has 8 heteroatoms. The van der Waals surface area contributed by atoms with Gasteiger partial charge in [-0.2, -0.15) is 0 Å². The van der Waals surface area contributed by atoms with Crippen LogP contribution in [-0.4, -0.2) is 26.8 Å². The van der Waals surface area contributed by atoms with Crippen molar-refractivity contribution in [2.24, 2.45) is 0 Å².